The number of anilines is 1. The van der Waals surface area contributed by atoms with Crippen LogP contribution in [0.1, 0.15) is 17.3 Å². The van der Waals surface area contributed by atoms with Crippen LogP contribution in [0.3, 0.4) is 0 Å². The third kappa shape index (κ3) is 5.01. The summed E-state index contributed by atoms with van der Waals surface area (Å²) in [5, 5.41) is 0.755. The Morgan fingerprint density at radius 3 is 2.40 bits per heavy atom. The lowest BCUT2D eigenvalue weighted by atomic mass is 10.2. The molecule has 2 aromatic rings. The molecule has 0 unspecified atom stereocenters. The number of piperazine rings is 1. The summed E-state index contributed by atoms with van der Waals surface area (Å²) in [6.45, 7) is 7.66. The summed E-state index contributed by atoms with van der Waals surface area (Å²) in [6.07, 6.45) is 0. The van der Waals surface area contributed by atoms with E-state index >= 15 is 0 Å². The van der Waals surface area contributed by atoms with Crippen LogP contribution in [0.5, 0.6) is 0 Å². The molecule has 2 N–H and O–H groups in total. The fourth-order valence-corrected chi connectivity index (χ4v) is 2.83. The van der Waals surface area contributed by atoms with Crippen molar-refractivity contribution in [2.75, 3.05) is 31.1 Å². The van der Waals surface area contributed by atoms with Gasteiger partial charge >= 0.3 is 0 Å². The van der Waals surface area contributed by atoms with Crippen LogP contribution in [0.4, 0.5) is 5.69 Å². The Hall–Kier alpha value is -1.48. The second-order valence-corrected chi connectivity index (χ2v) is 6.31. The SMILES string of the molecule is Cc1nc(CN=C(N)N2CCN(c3ccc(Cl)cc3)CC2)oc1C.I. The fourth-order valence-electron chi connectivity index (χ4n) is 2.70. The lowest BCUT2D eigenvalue weighted by Crippen LogP contribution is -2.51. The number of aryl methyl sites for hydroxylation is 2. The number of guanidine groups is 1. The standard InChI is InChI=1S/C17H22ClN5O.HI/c1-12-13(2)24-16(21-12)11-20-17(19)23-9-7-22(8-10-23)15-5-3-14(18)4-6-15;/h3-6H,7-11H2,1-2H3,(H2,19,20);1H. The molecule has 0 saturated carbocycles. The Balaban J connectivity index is 0.00000225. The zero-order valence-corrected chi connectivity index (χ0v) is 17.5. The van der Waals surface area contributed by atoms with Gasteiger partial charge in [0.1, 0.15) is 12.3 Å². The van der Waals surface area contributed by atoms with Gasteiger partial charge in [-0.05, 0) is 38.1 Å². The molecule has 1 saturated heterocycles. The number of oxazole rings is 1. The second-order valence-electron chi connectivity index (χ2n) is 5.87. The fraction of sp³-hybridized carbons (Fsp3) is 0.412. The number of hydrogen-bond acceptors (Lipinski definition) is 4. The molecular formula is C17H23ClIN5O. The van der Waals surface area contributed by atoms with Crippen molar-refractivity contribution in [3.63, 3.8) is 0 Å². The Morgan fingerprint density at radius 1 is 1.20 bits per heavy atom. The third-order valence-corrected chi connectivity index (χ3v) is 4.50. The molecule has 1 fully saturated rings. The number of halogens is 2. The van der Waals surface area contributed by atoms with Gasteiger partial charge in [-0.25, -0.2) is 9.98 Å². The van der Waals surface area contributed by atoms with Gasteiger partial charge < -0.3 is 20.0 Å². The maximum atomic E-state index is 6.12. The molecule has 0 bridgehead atoms. The van der Waals surface area contributed by atoms with Gasteiger partial charge in [0, 0.05) is 36.9 Å². The summed E-state index contributed by atoms with van der Waals surface area (Å²) in [5.41, 5.74) is 8.19. The number of aliphatic imine (C=N–C) groups is 1. The number of benzene rings is 1. The first kappa shape index (κ1) is 19.8. The normalized spacial score (nSPS) is 15.2. The average Bonchev–Trinajstić information content (AvgIpc) is 2.92. The van der Waals surface area contributed by atoms with E-state index in [9.17, 15) is 0 Å². The van der Waals surface area contributed by atoms with Crippen molar-refractivity contribution < 1.29 is 4.42 Å². The van der Waals surface area contributed by atoms with E-state index < -0.39 is 0 Å². The molecule has 8 heteroatoms. The molecule has 6 nitrogen and oxygen atoms in total. The highest BCUT2D eigenvalue weighted by atomic mass is 127. The highest BCUT2D eigenvalue weighted by Gasteiger charge is 2.18. The van der Waals surface area contributed by atoms with Gasteiger partial charge in [0.15, 0.2) is 5.96 Å². The van der Waals surface area contributed by atoms with Crippen LogP contribution in [0.15, 0.2) is 33.7 Å². The molecule has 1 aromatic carbocycles. The molecule has 2 heterocycles. The summed E-state index contributed by atoms with van der Waals surface area (Å²) < 4.78 is 5.53. The predicted octanol–water partition coefficient (Wildman–Crippen LogP) is 3.20. The lowest BCUT2D eigenvalue weighted by molar-refractivity contribution is 0.379. The Labute approximate surface area is 170 Å². The summed E-state index contributed by atoms with van der Waals surface area (Å²) in [4.78, 5) is 13.1. The first-order chi connectivity index (χ1) is 11.5. The van der Waals surface area contributed by atoms with Gasteiger partial charge in [0.05, 0.1) is 5.69 Å². The molecule has 1 aliphatic rings. The van der Waals surface area contributed by atoms with Crippen LogP contribution in [0.2, 0.25) is 5.02 Å². The number of aromatic nitrogens is 1. The number of nitrogens with two attached hydrogens (primary N) is 1. The first-order valence-corrected chi connectivity index (χ1v) is 8.39. The smallest absolute Gasteiger partial charge is 0.216 e. The molecule has 1 aliphatic heterocycles. The van der Waals surface area contributed by atoms with E-state index in [0.717, 1.165) is 42.7 Å². The van der Waals surface area contributed by atoms with Crippen LogP contribution in [-0.2, 0) is 6.54 Å². The quantitative estimate of drug-likeness (QED) is 0.419. The van der Waals surface area contributed by atoms with Gasteiger partial charge in [0.25, 0.3) is 0 Å². The van der Waals surface area contributed by atoms with E-state index in [4.69, 9.17) is 21.8 Å². The summed E-state index contributed by atoms with van der Waals surface area (Å²) >= 11 is 5.94. The van der Waals surface area contributed by atoms with Crippen molar-refractivity contribution in [3.8, 4) is 0 Å². The van der Waals surface area contributed by atoms with E-state index in [1.165, 1.54) is 5.69 Å². The molecule has 0 atom stereocenters. The number of hydrogen-bond donors (Lipinski definition) is 1. The van der Waals surface area contributed by atoms with Gasteiger partial charge in [-0.15, -0.1) is 24.0 Å². The Kier molecular flexibility index (Phi) is 6.95. The molecule has 3 rings (SSSR count). The van der Waals surface area contributed by atoms with Crippen molar-refractivity contribution in [1.29, 1.82) is 0 Å². The molecule has 136 valence electrons. The number of nitrogens with zero attached hydrogens (tertiary/aromatic N) is 4. The van der Waals surface area contributed by atoms with E-state index in [0.29, 0.717) is 18.4 Å². The maximum Gasteiger partial charge on any atom is 0.216 e. The van der Waals surface area contributed by atoms with Crippen molar-refractivity contribution in [2.24, 2.45) is 10.7 Å². The average molecular weight is 476 g/mol. The zero-order chi connectivity index (χ0) is 17.1. The van der Waals surface area contributed by atoms with E-state index in [2.05, 4.69) is 19.8 Å². The lowest BCUT2D eigenvalue weighted by Gasteiger charge is -2.36. The molecule has 0 radical (unpaired) electrons. The van der Waals surface area contributed by atoms with Crippen LogP contribution < -0.4 is 10.6 Å². The molecule has 25 heavy (non-hydrogen) atoms. The second kappa shape index (κ2) is 8.75. The third-order valence-electron chi connectivity index (χ3n) is 4.24. The first-order valence-electron chi connectivity index (χ1n) is 8.01. The summed E-state index contributed by atoms with van der Waals surface area (Å²) in [6, 6.07) is 7.92. The van der Waals surface area contributed by atoms with Gasteiger partial charge in [0.2, 0.25) is 5.89 Å². The zero-order valence-electron chi connectivity index (χ0n) is 14.4. The van der Waals surface area contributed by atoms with Gasteiger partial charge in [-0.3, -0.25) is 0 Å². The molecule has 1 aromatic heterocycles. The van der Waals surface area contributed by atoms with E-state index in [-0.39, 0.29) is 24.0 Å². The minimum Gasteiger partial charge on any atom is -0.444 e. The maximum absolute atomic E-state index is 6.12. The topological polar surface area (TPSA) is 70.9 Å². The van der Waals surface area contributed by atoms with Gasteiger partial charge in [-0.1, -0.05) is 11.6 Å². The summed E-state index contributed by atoms with van der Waals surface area (Å²) in [7, 11) is 0. The Bertz CT molecular complexity index is 704. The molecular weight excluding hydrogens is 453 g/mol. The van der Waals surface area contributed by atoms with Crippen molar-refractivity contribution in [3.05, 3.63) is 46.6 Å². The molecule has 0 spiro atoms. The Morgan fingerprint density at radius 2 is 1.84 bits per heavy atom. The van der Waals surface area contributed by atoms with Crippen molar-refractivity contribution in [1.82, 2.24) is 9.88 Å². The minimum atomic E-state index is 0. The monoisotopic (exact) mass is 475 g/mol. The molecule has 0 aliphatic carbocycles. The van der Waals surface area contributed by atoms with E-state index in [1.54, 1.807) is 0 Å². The highest BCUT2D eigenvalue weighted by molar-refractivity contribution is 14.0. The summed E-state index contributed by atoms with van der Waals surface area (Å²) in [5.74, 6) is 1.97. The number of rotatable bonds is 3. The van der Waals surface area contributed by atoms with E-state index in [1.807, 2.05) is 38.1 Å². The van der Waals surface area contributed by atoms with Crippen LogP contribution in [0.25, 0.3) is 0 Å². The van der Waals surface area contributed by atoms with Gasteiger partial charge in [-0.2, -0.15) is 0 Å². The minimum absolute atomic E-state index is 0. The highest BCUT2D eigenvalue weighted by Crippen LogP contribution is 2.19. The van der Waals surface area contributed by atoms with Crippen LogP contribution in [0, 0.1) is 13.8 Å². The van der Waals surface area contributed by atoms with Crippen molar-refractivity contribution in [2.45, 2.75) is 20.4 Å². The predicted molar refractivity (Wildman–Crippen MR) is 112 cm³/mol. The largest absolute Gasteiger partial charge is 0.444 e. The van der Waals surface area contributed by atoms with Crippen LogP contribution in [-0.4, -0.2) is 42.0 Å². The molecule has 0 amide bonds. The van der Waals surface area contributed by atoms with Crippen molar-refractivity contribution >= 4 is 47.2 Å². The van der Waals surface area contributed by atoms with Crippen LogP contribution >= 0.6 is 35.6 Å².